The number of aromatic nitrogens is 1. The van der Waals surface area contributed by atoms with Crippen molar-refractivity contribution in [3.05, 3.63) is 52.0 Å². The highest BCUT2D eigenvalue weighted by molar-refractivity contribution is 7.07. The van der Waals surface area contributed by atoms with E-state index in [0.29, 0.717) is 12.1 Å². The van der Waals surface area contributed by atoms with Crippen molar-refractivity contribution in [2.75, 3.05) is 0 Å². The van der Waals surface area contributed by atoms with Crippen LogP contribution in [0.1, 0.15) is 29.8 Å². The molecule has 1 aromatic heterocycles. The zero-order valence-corrected chi connectivity index (χ0v) is 10.7. The second-order valence-electron chi connectivity index (χ2n) is 4.68. The van der Waals surface area contributed by atoms with Crippen LogP contribution in [0.3, 0.4) is 0 Å². The minimum atomic E-state index is 0.348. The van der Waals surface area contributed by atoms with Crippen molar-refractivity contribution in [3.63, 3.8) is 0 Å². The van der Waals surface area contributed by atoms with Gasteiger partial charge >= 0.3 is 0 Å². The molecule has 1 heterocycles. The molecule has 1 unspecified atom stereocenters. The first-order valence-electron chi connectivity index (χ1n) is 6.04. The third-order valence-electron chi connectivity index (χ3n) is 3.43. The normalized spacial score (nSPS) is 17.0. The number of hydrogen-bond acceptors (Lipinski definition) is 3. The standard InChI is InChI=1S/C14H16N2S/c1-10(14-8-17-9-15-14)16-13-6-11-4-2-3-5-12(11)7-13/h2-5,8-10,13,16H,6-7H2,1H3. The molecule has 3 rings (SSSR count). The molecule has 1 atom stereocenters. The molecule has 1 aliphatic rings. The number of thiazole rings is 1. The second-order valence-corrected chi connectivity index (χ2v) is 5.39. The number of nitrogens with zero attached hydrogens (tertiary/aromatic N) is 1. The Morgan fingerprint density at radius 1 is 1.29 bits per heavy atom. The van der Waals surface area contributed by atoms with Gasteiger partial charge in [-0.2, -0.15) is 0 Å². The Bertz CT molecular complexity index is 468. The molecule has 2 nitrogen and oxygen atoms in total. The fraction of sp³-hybridized carbons (Fsp3) is 0.357. The van der Waals surface area contributed by atoms with Gasteiger partial charge in [-0.15, -0.1) is 11.3 Å². The molecular weight excluding hydrogens is 228 g/mol. The van der Waals surface area contributed by atoms with Crippen LogP contribution in [-0.2, 0) is 12.8 Å². The van der Waals surface area contributed by atoms with E-state index in [0.717, 1.165) is 18.5 Å². The van der Waals surface area contributed by atoms with E-state index in [2.05, 4.69) is 46.9 Å². The van der Waals surface area contributed by atoms with Crippen molar-refractivity contribution in [2.45, 2.75) is 31.8 Å². The summed E-state index contributed by atoms with van der Waals surface area (Å²) in [5, 5.41) is 5.80. The monoisotopic (exact) mass is 244 g/mol. The maximum Gasteiger partial charge on any atom is 0.0795 e. The number of benzene rings is 1. The Hall–Kier alpha value is -1.19. The van der Waals surface area contributed by atoms with E-state index in [9.17, 15) is 0 Å². The summed E-state index contributed by atoms with van der Waals surface area (Å²) < 4.78 is 0. The van der Waals surface area contributed by atoms with Gasteiger partial charge in [0.1, 0.15) is 0 Å². The van der Waals surface area contributed by atoms with Crippen molar-refractivity contribution in [3.8, 4) is 0 Å². The SMILES string of the molecule is CC(NC1Cc2ccccc2C1)c1cscn1. The maximum absolute atomic E-state index is 4.36. The average Bonchev–Trinajstić information content (AvgIpc) is 2.97. The molecular formula is C14H16N2S. The third kappa shape index (κ3) is 2.26. The minimum Gasteiger partial charge on any atom is -0.305 e. The molecule has 0 amide bonds. The Kier molecular flexibility index (Phi) is 2.95. The highest BCUT2D eigenvalue weighted by Crippen LogP contribution is 2.23. The van der Waals surface area contributed by atoms with E-state index in [-0.39, 0.29) is 0 Å². The molecule has 1 N–H and O–H groups in total. The molecule has 0 aliphatic heterocycles. The third-order valence-corrected chi connectivity index (χ3v) is 4.04. The molecule has 88 valence electrons. The van der Waals surface area contributed by atoms with Crippen LogP contribution in [0.4, 0.5) is 0 Å². The summed E-state index contributed by atoms with van der Waals surface area (Å²) in [5.74, 6) is 0. The van der Waals surface area contributed by atoms with Crippen molar-refractivity contribution in [1.29, 1.82) is 0 Å². The topological polar surface area (TPSA) is 24.9 Å². The van der Waals surface area contributed by atoms with Gasteiger partial charge in [0.05, 0.1) is 11.2 Å². The van der Waals surface area contributed by atoms with Crippen LogP contribution in [0.15, 0.2) is 35.2 Å². The Balaban J connectivity index is 1.66. The lowest BCUT2D eigenvalue weighted by Crippen LogP contribution is -2.32. The summed E-state index contributed by atoms with van der Waals surface area (Å²) in [6.07, 6.45) is 2.29. The van der Waals surface area contributed by atoms with Gasteiger partial charge < -0.3 is 5.32 Å². The van der Waals surface area contributed by atoms with Crippen molar-refractivity contribution in [1.82, 2.24) is 10.3 Å². The van der Waals surface area contributed by atoms with Crippen LogP contribution in [0.25, 0.3) is 0 Å². The van der Waals surface area contributed by atoms with E-state index < -0.39 is 0 Å². The van der Waals surface area contributed by atoms with E-state index in [4.69, 9.17) is 0 Å². The van der Waals surface area contributed by atoms with Crippen LogP contribution in [0, 0.1) is 0 Å². The second kappa shape index (κ2) is 4.59. The molecule has 1 aromatic carbocycles. The summed E-state index contributed by atoms with van der Waals surface area (Å²) in [6.45, 7) is 2.19. The largest absolute Gasteiger partial charge is 0.305 e. The maximum atomic E-state index is 4.36. The molecule has 3 heteroatoms. The van der Waals surface area contributed by atoms with Gasteiger partial charge in [0.2, 0.25) is 0 Å². The quantitative estimate of drug-likeness (QED) is 0.898. The zero-order valence-electron chi connectivity index (χ0n) is 9.89. The highest BCUT2D eigenvalue weighted by atomic mass is 32.1. The average molecular weight is 244 g/mol. The molecule has 0 saturated carbocycles. The summed E-state index contributed by atoms with van der Waals surface area (Å²) in [5.41, 5.74) is 6.05. The van der Waals surface area contributed by atoms with Crippen molar-refractivity contribution >= 4 is 11.3 Å². The summed E-state index contributed by atoms with van der Waals surface area (Å²) >= 11 is 1.66. The first-order valence-corrected chi connectivity index (χ1v) is 6.98. The Labute approximate surface area is 106 Å². The van der Waals surface area contributed by atoms with Gasteiger partial charge in [-0.25, -0.2) is 4.98 Å². The van der Waals surface area contributed by atoms with Crippen molar-refractivity contribution in [2.24, 2.45) is 0 Å². The van der Waals surface area contributed by atoms with Crippen LogP contribution >= 0.6 is 11.3 Å². The highest BCUT2D eigenvalue weighted by Gasteiger charge is 2.22. The Morgan fingerprint density at radius 3 is 2.59 bits per heavy atom. The zero-order chi connectivity index (χ0) is 11.7. The number of hydrogen-bond donors (Lipinski definition) is 1. The number of nitrogens with one attached hydrogen (secondary N) is 1. The summed E-state index contributed by atoms with van der Waals surface area (Å²) in [4.78, 5) is 4.36. The van der Waals surface area contributed by atoms with Crippen LogP contribution in [0.5, 0.6) is 0 Å². The molecule has 17 heavy (non-hydrogen) atoms. The molecule has 2 aromatic rings. The van der Waals surface area contributed by atoms with Crippen molar-refractivity contribution < 1.29 is 0 Å². The van der Waals surface area contributed by atoms with Gasteiger partial charge in [-0.3, -0.25) is 0 Å². The predicted octanol–water partition coefficient (Wildman–Crippen LogP) is 2.96. The van der Waals surface area contributed by atoms with E-state index in [1.165, 1.54) is 11.1 Å². The summed E-state index contributed by atoms with van der Waals surface area (Å²) in [7, 11) is 0. The molecule has 1 aliphatic carbocycles. The van der Waals surface area contributed by atoms with Crippen LogP contribution in [-0.4, -0.2) is 11.0 Å². The van der Waals surface area contributed by atoms with E-state index in [1.807, 2.05) is 5.51 Å². The van der Waals surface area contributed by atoms with E-state index >= 15 is 0 Å². The van der Waals surface area contributed by atoms with Gasteiger partial charge in [0.25, 0.3) is 0 Å². The molecule has 0 radical (unpaired) electrons. The van der Waals surface area contributed by atoms with Gasteiger partial charge in [0, 0.05) is 17.5 Å². The Morgan fingerprint density at radius 2 is 2.00 bits per heavy atom. The molecule has 0 fully saturated rings. The van der Waals surface area contributed by atoms with Gasteiger partial charge in [-0.05, 0) is 30.9 Å². The smallest absolute Gasteiger partial charge is 0.0795 e. The predicted molar refractivity (Wildman–Crippen MR) is 71.3 cm³/mol. The lowest BCUT2D eigenvalue weighted by molar-refractivity contribution is 0.462. The van der Waals surface area contributed by atoms with Gasteiger partial charge in [-0.1, -0.05) is 24.3 Å². The number of rotatable bonds is 3. The minimum absolute atomic E-state index is 0.348. The fourth-order valence-electron chi connectivity index (χ4n) is 2.55. The summed E-state index contributed by atoms with van der Waals surface area (Å²) in [6, 6.07) is 9.65. The first kappa shape index (κ1) is 10.9. The fourth-order valence-corrected chi connectivity index (χ4v) is 3.20. The molecule has 0 saturated heterocycles. The van der Waals surface area contributed by atoms with Crippen LogP contribution in [0.2, 0.25) is 0 Å². The van der Waals surface area contributed by atoms with E-state index in [1.54, 1.807) is 11.3 Å². The van der Waals surface area contributed by atoms with Crippen LogP contribution < -0.4 is 5.32 Å². The first-order chi connectivity index (χ1) is 8.33. The lowest BCUT2D eigenvalue weighted by Gasteiger charge is -2.17. The molecule has 0 spiro atoms. The van der Waals surface area contributed by atoms with Gasteiger partial charge in [0.15, 0.2) is 0 Å². The number of fused-ring (bicyclic) bond motifs is 1. The lowest BCUT2D eigenvalue weighted by atomic mass is 10.1. The molecule has 0 bridgehead atoms.